The maximum atomic E-state index is 12.5. The summed E-state index contributed by atoms with van der Waals surface area (Å²) in [5, 5.41) is 12.3. The molecule has 0 saturated carbocycles. The summed E-state index contributed by atoms with van der Waals surface area (Å²) in [6.07, 6.45) is 1.49. The van der Waals surface area contributed by atoms with Crippen molar-refractivity contribution in [2.75, 3.05) is 14.2 Å². The van der Waals surface area contributed by atoms with E-state index < -0.39 is 5.91 Å². The SMILES string of the molecule is COc1cc(Br)cc(/C=C(/C#N)C(=O)N[C@H](C)c2ccccc2)c1OC. The van der Waals surface area contributed by atoms with Gasteiger partial charge in [-0.2, -0.15) is 5.26 Å². The predicted molar refractivity (Wildman–Crippen MR) is 104 cm³/mol. The Bertz CT molecular complexity index is 857. The van der Waals surface area contributed by atoms with Crippen LogP contribution in [0, 0.1) is 11.3 Å². The monoisotopic (exact) mass is 414 g/mol. The fourth-order valence-corrected chi connectivity index (χ4v) is 2.92. The van der Waals surface area contributed by atoms with E-state index in [1.807, 2.05) is 43.3 Å². The minimum atomic E-state index is -0.454. The van der Waals surface area contributed by atoms with Crippen LogP contribution >= 0.6 is 15.9 Å². The summed E-state index contributed by atoms with van der Waals surface area (Å²) in [7, 11) is 3.03. The lowest BCUT2D eigenvalue weighted by atomic mass is 10.1. The molecule has 0 radical (unpaired) electrons. The van der Waals surface area contributed by atoms with Gasteiger partial charge in [0.2, 0.25) is 0 Å². The van der Waals surface area contributed by atoms with Gasteiger partial charge in [-0.3, -0.25) is 4.79 Å². The van der Waals surface area contributed by atoms with Crippen LogP contribution in [0.4, 0.5) is 0 Å². The highest BCUT2D eigenvalue weighted by atomic mass is 79.9. The van der Waals surface area contributed by atoms with Crippen molar-refractivity contribution in [1.82, 2.24) is 5.32 Å². The summed E-state index contributed by atoms with van der Waals surface area (Å²) in [4.78, 5) is 12.5. The largest absolute Gasteiger partial charge is 0.493 e. The second-order valence-corrected chi connectivity index (χ2v) is 6.42. The number of hydrogen-bond acceptors (Lipinski definition) is 4. The number of amides is 1. The summed E-state index contributed by atoms with van der Waals surface area (Å²) in [5.41, 5.74) is 1.50. The van der Waals surface area contributed by atoms with Crippen LogP contribution in [0.1, 0.15) is 24.1 Å². The van der Waals surface area contributed by atoms with Gasteiger partial charge in [-0.25, -0.2) is 0 Å². The number of nitrogens with zero attached hydrogens (tertiary/aromatic N) is 1. The van der Waals surface area contributed by atoms with E-state index >= 15 is 0 Å². The van der Waals surface area contributed by atoms with Crippen molar-refractivity contribution in [3.8, 4) is 17.6 Å². The molecule has 1 atom stereocenters. The van der Waals surface area contributed by atoms with Crippen molar-refractivity contribution in [3.63, 3.8) is 0 Å². The molecule has 1 amide bonds. The number of carbonyl (C=O) groups excluding carboxylic acids is 1. The van der Waals surface area contributed by atoms with Gasteiger partial charge in [0.1, 0.15) is 11.6 Å². The van der Waals surface area contributed by atoms with Gasteiger partial charge in [0.05, 0.1) is 20.3 Å². The van der Waals surface area contributed by atoms with Gasteiger partial charge in [0.25, 0.3) is 5.91 Å². The fourth-order valence-electron chi connectivity index (χ4n) is 2.47. The molecule has 26 heavy (non-hydrogen) atoms. The third kappa shape index (κ3) is 4.64. The molecular formula is C20H19BrN2O3. The second-order valence-electron chi connectivity index (χ2n) is 5.51. The third-order valence-electron chi connectivity index (χ3n) is 3.78. The molecule has 2 aromatic carbocycles. The Morgan fingerprint density at radius 1 is 1.23 bits per heavy atom. The van der Waals surface area contributed by atoms with E-state index in [0.717, 1.165) is 10.0 Å². The standard InChI is InChI=1S/C20H19BrN2O3/c1-13(14-7-5-4-6-8-14)23-20(24)16(12-22)9-15-10-17(21)11-18(25-2)19(15)26-3/h4-11,13H,1-3H3,(H,23,24)/b16-9-/t13-/m1/s1. The van der Waals surface area contributed by atoms with Crippen LogP contribution in [-0.4, -0.2) is 20.1 Å². The first kappa shape index (κ1) is 19.5. The topological polar surface area (TPSA) is 71.3 Å². The van der Waals surface area contributed by atoms with Crippen molar-refractivity contribution in [1.29, 1.82) is 5.26 Å². The molecule has 0 fully saturated rings. The lowest BCUT2D eigenvalue weighted by Crippen LogP contribution is -2.27. The number of nitrogens with one attached hydrogen (secondary N) is 1. The molecule has 0 spiro atoms. The zero-order valence-electron chi connectivity index (χ0n) is 14.7. The van der Waals surface area contributed by atoms with Crippen LogP contribution in [0.15, 0.2) is 52.5 Å². The summed E-state index contributed by atoms with van der Waals surface area (Å²) >= 11 is 3.39. The molecule has 6 heteroatoms. The van der Waals surface area contributed by atoms with Crippen molar-refractivity contribution in [2.24, 2.45) is 0 Å². The zero-order chi connectivity index (χ0) is 19.1. The molecule has 5 nitrogen and oxygen atoms in total. The highest BCUT2D eigenvalue weighted by Gasteiger charge is 2.16. The number of rotatable bonds is 6. The van der Waals surface area contributed by atoms with E-state index in [0.29, 0.717) is 17.1 Å². The molecule has 0 aliphatic carbocycles. The quantitative estimate of drug-likeness (QED) is 0.566. The van der Waals surface area contributed by atoms with Gasteiger partial charge in [-0.05, 0) is 30.7 Å². The molecule has 1 N–H and O–H groups in total. The van der Waals surface area contributed by atoms with Gasteiger partial charge in [0.15, 0.2) is 11.5 Å². The van der Waals surface area contributed by atoms with E-state index in [1.54, 1.807) is 12.1 Å². The average molecular weight is 415 g/mol. The van der Waals surface area contributed by atoms with E-state index in [-0.39, 0.29) is 11.6 Å². The Morgan fingerprint density at radius 3 is 2.50 bits per heavy atom. The van der Waals surface area contributed by atoms with E-state index in [1.165, 1.54) is 20.3 Å². The van der Waals surface area contributed by atoms with Crippen LogP contribution < -0.4 is 14.8 Å². The first-order valence-electron chi connectivity index (χ1n) is 7.89. The highest BCUT2D eigenvalue weighted by Crippen LogP contribution is 2.35. The van der Waals surface area contributed by atoms with Gasteiger partial charge < -0.3 is 14.8 Å². The number of ether oxygens (including phenoxy) is 2. The van der Waals surface area contributed by atoms with Crippen LogP contribution in [-0.2, 0) is 4.79 Å². The fraction of sp³-hybridized carbons (Fsp3) is 0.200. The first-order valence-corrected chi connectivity index (χ1v) is 8.68. The molecule has 0 aliphatic heterocycles. The second kappa shape index (κ2) is 9.07. The molecule has 0 aliphatic rings. The summed E-state index contributed by atoms with van der Waals surface area (Å²) in [6.45, 7) is 1.87. The Morgan fingerprint density at radius 2 is 1.92 bits per heavy atom. The number of hydrogen-bond donors (Lipinski definition) is 1. The van der Waals surface area contributed by atoms with Crippen LogP contribution in [0.5, 0.6) is 11.5 Å². The molecule has 0 unspecified atom stereocenters. The average Bonchev–Trinajstić information content (AvgIpc) is 2.65. The lowest BCUT2D eigenvalue weighted by Gasteiger charge is -2.14. The number of methoxy groups -OCH3 is 2. The van der Waals surface area contributed by atoms with Gasteiger partial charge in [-0.1, -0.05) is 46.3 Å². The Hall–Kier alpha value is -2.78. The van der Waals surface area contributed by atoms with Crippen molar-refractivity contribution < 1.29 is 14.3 Å². The Balaban J connectivity index is 2.32. The van der Waals surface area contributed by atoms with Gasteiger partial charge in [0, 0.05) is 10.0 Å². The normalized spacial score (nSPS) is 12.0. The summed E-state index contributed by atoms with van der Waals surface area (Å²) < 4.78 is 11.4. The van der Waals surface area contributed by atoms with Crippen molar-refractivity contribution in [3.05, 3.63) is 63.6 Å². The zero-order valence-corrected chi connectivity index (χ0v) is 16.3. The predicted octanol–water partition coefficient (Wildman–Crippen LogP) is 4.25. The minimum Gasteiger partial charge on any atom is -0.493 e. The van der Waals surface area contributed by atoms with Crippen LogP contribution in [0.2, 0.25) is 0 Å². The molecule has 134 valence electrons. The molecular weight excluding hydrogens is 396 g/mol. The number of carbonyl (C=O) groups is 1. The van der Waals surface area contributed by atoms with Gasteiger partial charge >= 0.3 is 0 Å². The molecule has 0 bridgehead atoms. The molecule has 0 heterocycles. The Kier molecular flexibility index (Phi) is 6.81. The molecule has 2 rings (SSSR count). The van der Waals surface area contributed by atoms with Crippen molar-refractivity contribution in [2.45, 2.75) is 13.0 Å². The maximum Gasteiger partial charge on any atom is 0.262 e. The highest BCUT2D eigenvalue weighted by molar-refractivity contribution is 9.10. The smallest absolute Gasteiger partial charge is 0.262 e. The number of halogens is 1. The minimum absolute atomic E-state index is 0.0220. The van der Waals surface area contributed by atoms with Gasteiger partial charge in [-0.15, -0.1) is 0 Å². The molecule has 0 aromatic heterocycles. The van der Waals surface area contributed by atoms with E-state index in [4.69, 9.17) is 9.47 Å². The molecule has 2 aromatic rings. The third-order valence-corrected chi connectivity index (χ3v) is 4.24. The van der Waals surface area contributed by atoms with Crippen LogP contribution in [0.25, 0.3) is 6.08 Å². The number of nitriles is 1. The summed E-state index contributed by atoms with van der Waals surface area (Å²) in [6, 6.07) is 14.8. The first-order chi connectivity index (χ1) is 12.5. The van der Waals surface area contributed by atoms with E-state index in [2.05, 4.69) is 21.2 Å². The lowest BCUT2D eigenvalue weighted by molar-refractivity contribution is -0.117. The van der Waals surface area contributed by atoms with Crippen LogP contribution in [0.3, 0.4) is 0 Å². The van der Waals surface area contributed by atoms with E-state index in [9.17, 15) is 10.1 Å². The molecule has 0 saturated heterocycles. The number of benzene rings is 2. The van der Waals surface area contributed by atoms with Crippen molar-refractivity contribution >= 4 is 27.9 Å². The maximum absolute atomic E-state index is 12.5. The Labute approximate surface area is 161 Å². The summed E-state index contributed by atoms with van der Waals surface area (Å²) in [5.74, 6) is 0.501.